The van der Waals surface area contributed by atoms with Gasteiger partial charge >= 0.3 is 0 Å². The van der Waals surface area contributed by atoms with Gasteiger partial charge in [-0.25, -0.2) is 0 Å². The summed E-state index contributed by atoms with van der Waals surface area (Å²) in [6.07, 6.45) is 1.24. The molecule has 0 aromatic heterocycles. The lowest BCUT2D eigenvalue weighted by atomic mass is 10.1. The third-order valence-corrected chi connectivity index (χ3v) is 5.11. The maximum Gasteiger partial charge on any atom is 0.0471 e. The number of anilines is 1. The Bertz CT molecular complexity index is 397. The predicted octanol–water partition coefficient (Wildman–Crippen LogP) is 3.39. The van der Waals surface area contributed by atoms with Gasteiger partial charge in [0.25, 0.3) is 0 Å². The van der Waals surface area contributed by atoms with Crippen molar-refractivity contribution in [3.63, 3.8) is 0 Å². The molecule has 0 spiro atoms. The van der Waals surface area contributed by atoms with E-state index < -0.39 is 0 Å². The second-order valence-corrected chi connectivity index (χ2v) is 6.43. The molecule has 1 aliphatic heterocycles. The van der Waals surface area contributed by atoms with Gasteiger partial charge in [0, 0.05) is 46.9 Å². The minimum atomic E-state index is 0.750. The molecular weight excluding hydrogens is 264 g/mol. The Morgan fingerprint density at radius 2 is 2.33 bits per heavy atom. The van der Waals surface area contributed by atoms with Crippen molar-refractivity contribution in [3.05, 3.63) is 28.8 Å². The Morgan fingerprint density at radius 3 is 3.06 bits per heavy atom. The summed E-state index contributed by atoms with van der Waals surface area (Å²) >= 11 is 8.42. The highest BCUT2D eigenvalue weighted by Gasteiger charge is 2.21. The fourth-order valence-corrected chi connectivity index (χ4v) is 3.80. The van der Waals surface area contributed by atoms with Crippen molar-refractivity contribution in [2.45, 2.75) is 25.1 Å². The van der Waals surface area contributed by atoms with Gasteiger partial charge < -0.3 is 10.2 Å². The van der Waals surface area contributed by atoms with Gasteiger partial charge in [0.15, 0.2) is 0 Å². The normalized spacial score (nSPS) is 20.2. The Balaban J connectivity index is 2.23. The van der Waals surface area contributed by atoms with Crippen LogP contribution in [-0.4, -0.2) is 31.1 Å². The Kier molecular flexibility index (Phi) is 5.22. The fourth-order valence-electron chi connectivity index (χ4n) is 2.38. The summed E-state index contributed by atoms with van der Waals surface area (Å²) < 4.78 is 0. The third kappa shape index (κ3) is 3.14. The van der Waals surface area contributed by atoms with Crippen molar-refractivity contribution in [1.29, 1.82) is 0 Å². The molecule has 4 heteroatoms. The van der Waals surface area contributed by atoms with Crippen molar-refractivity contribution in [1.82, 2.24) is 5.32 Å². The molecule has 1 heterocycles. The number of rotatable bonds is 4. The minimum absolute atomic E-state index is 0.750. The number of nitrogens with one attached hydrogen (secondary N) is 1. The van der Waals surface area contributed by atoms with Crippen molar-refractivity contribution in [2.75, 3.05) is 30.8 Å². The summed E-state index contributed by atoms with van der Waals surface area (Å²) in [4.78, 5) is 2.49. The van der Waals surface area contributed by atoms with Gasteiger partial charge in [0.05, 0.1) is 0 Å². The first kappa shape index (κ1) is 14.0. The van der Waals surface area contributed by atoms with E-state index in [1.54, 1.807) is 0 Å². The first-order chi connectivity index (χ1) is 8.76. The summed E-state index contributed by atoms with van der Waals surface area (Å²) in [6.45, 7) is 5.36. The van der Waals surface area contributed by atoms with Crippen LogP contribution < -0.4 is 10.2 Å². The van der Waals surface area contributed by atoms with Crippen LogP contribution in [0, 0.1) is 0 Å². The number of thioether (sulfide) groups is 1. The molecule has 1 aromatic carbocycles. The average molecular weight is 285 g/mol. The second kappa shape index (κ2) is 6.69. The highest BCUT2D eigenvalue weighted by molar-refractivity contribution is 8.00. The van der Waals surface area contributed by atoms with E-state index in [1.165, 1.54) is 23.4 Å². The van der Waals surface area contributed by atoms with Crippen LogP contribution in [0.25, 0.3) is 0 Å². The van der Waals surface area contributed by atoms with Crippen LogP contribution in [0.15, 0.2) is 18.2 Å². The van der Waals surface area contributed by atoms with Crippen LogP contribution in [0.2, 0.25) is 5.02 Å². The quantitative estimate of drug-likeness (QED) is 0.912. The number of hydrogen-bond acceptors (Lipinski definition) is 3. The van der Waals surface area contributed by atoms with Crippen molar-refractivity contribution in [2.24, 2.45) is 0 Å². The zero-order valence-electron chi connectivity index (χ0n) is 11.1. The zero-order valence-corrected chi connectivity index (χ0v) is 12.7. The average Bonchev–Trinajstić information content (AvgIpc) is 2.41. The first-order valence-corrected chi connectivity index (χ1v) is 7.97. The first-order valence-electron chi connectivity index (χ1n) is 6.54. The number of benzene rings is 1. The van der Waals surface area contributed by atoms with E-state index in [4.69, 9.17) is 11.6 Å². The molecule has 0 saturated carbocycles. The van der Waals surface area contributed by atoms with Crippen molar-refractivity contribution >= 4 is 29.1 Å². The molecule has 1 aliphatic rings. The molecule has 2 rings (SSSR count). The Morgan fingerprint density at radius 1 is 1.50 bits per heavy atom. The van der Waals surface area contributed by atoms with E-state index in [-0.39, 0.29) is 0 Å². The molecule has 1 N–H and O–H groups in total. The van der Waals surface area contributed by atoms with E-state index in [2.05, 4.69) is 41.0 Å². The van der Waals surface area contributed by atoms with Gasteiger partial charge in [-0.3, -0.25) is 0 Å². The molecule has 1 fully saturated rings. The van der Waals surface area contributed by atoms with Gasteiger partial charge in [0.2, 0.25) is 0 Å². The maximum absolute atomic E-state index is 6.33. The number of hydrogen-bond donors (Lipinski definition) is 1. The molecule has 0 radical (unpaired) electrons. The highest BCUT2D eigenvalue weighted by atomic mass is 35.5. The molecular formula is C14H21ClN2S. The molecule has 0 aliphatic carbocycles. The minimum Gasteiger partial charge on any atom is -0.369 e. The standard InChI is InChI=1S/C14H21ClN2S/c1-3-11-10-17(7-8-18-11)14-6-4-5-13(15)12(14)9-16-2/h4-6,11,16H,3,7-10H2,1-2H3. The van der Waals surface area contributed by atoms with Crippen LogP contribution in [0.4, 0.5) is 5.69 Å². The van der Waals surface area contributed by atoms with Crippen LogP contribution in [0.5, 0.6) is 0 Å². The van der Waals surface area contributed by atoms with E-state index in [9.17, 15) is 0 Å². The second-order valence-electron chi connectivity index (χ2n) is 4.61. The SMILES string of the molecule is CCC1CN(c2cccc(Cl)c2CNC)CCS1. The molecule has 1 saturated heterocycles. The van der Waals surface area contributed by atoms with E-state index in [1.807, 2.05) is 13.1 Å². The molecule has 0 bridgehead atoms. The lowest BCUT2D eigenvalue weighted by molar-refractivity contribution is 0.719. The van der Waals surface area contributed by atoms with Crippen molar-refractivity contribution < 1.29 is 0 Å². The number of halogens is 1. The topological polar surface area (TPSA) is 15.3 Å². The third-order valence-electron chi connectivity index (χ3n) is 3.38. The maximum atomic E-state index is 6.33. The lowest BCUT2D eigenvalue weighted by Crippen LogP contribution is -2.38. The Hall–Kier alpha value is -0.380. The van der Waals surface area contributed by atoms with Gasteiger partial charge in [0.1, 0.15) is 0 Å². The van der Waals surface area contributed by atoms with E-state index in [0.717, 1.165) is 29.9 Å². The van der Waals surface area contributed by atoms with Crippen LogP contribution in [-0.2, 0) is 6.54 Å². The van der Waals surface area contributed by atoms with E-state index >= 15 is 0 Å². The van der Waals surface area contributed by atoms with Gasteiger partial charge in [-0.15, -0.1) is 0 Å². The summed E-state index contributed by atoms with van der Waals surface area (Å²) in [6, 6.07) is 6.23. The number of nitrogens with zero attached hydrogens (tertiary/aromatic N) is 1. The van der Waals surface area contributed by atoms with Gasteiger partial charge in [-0.2, -0.15) is 11.8 Å². The summed E-state index contributed by atoms with van der Waals surface area (Å²) in [5.74, 6) is 1.21. The zero-order chi connectivity index (χ0) is 13.0. The molecule has 0 amide bonds. The predicted molar refractivity (Wildman–Crippen MR) is 83.0 cm³/mol. The lowest BCUT2D eigenvalue weighted by Gasteiger charge is -2.35. The smallest absolute Gasteiger partial charge is 0.0471 e. The molecule has 1 unspecified atom stereocenters. The largest absolute Gasteiger partial charge is 0.369 e. The Labute approximate surface area is 119 Å². The molecule has 100 valence electrons. The van der Waals surface area contributed by atoms with Crippen LogP contribution in [0.1, 0.15) is 18.9 Å². The van der Waals surface area contributed by atoms with Crippen LogP contribution in [0.3, 0.4) is 0 Å². The molecule has 1 aromatic rings. The highest BCUT2D eigenvalue weighted by Crippen LogP contribution is 2.31. The summed E-state index contributed by atoms with van der Waals surface area (Å²) in [5, 5.41) is 4.83. The summed E-state index contributed by atoms with van der Waals surface area (Å²) in [7, 11) is 1.97. The van der Waals surface area contributed by atoms with Gasteiger partial charge in [-0.1, -0.05) is 24.6 Å². The molecule has 2 nitrogen and oxygen atoms in total. The fraction of sp³-hybridized carbons (Fsp3) is 0.571. The monoisotopic (exact) mass is 284 g/mol. The van der Waals surface area contributed by atoms with Crippen LogP contribution >= 0.6 is 23.4 Å². The van der Waals surface area contributed by atoms with Gasteiger partial charge in [-0.05, 0) is 25.6 Å². The van der Waals surface area contributed by atoms with E-state index in [0.29, 0.717) is 0 Å². The van der Waals surface area contributed by atoms with Crippen molar-refractivity contribution in [3.8, 4) is 0 Å². The molecule has 18 heavy (non-hydrogen) atoms. The molecule has 1 atom stereocenters. The summed E-state index contributed by atoms with van der Waals surface area (Å²) in [5.41, 5.74) is 2.53.